The van der Waals surface area contributed by atoms with Gasteiger partial charge in [-0.3, -0.25) is 9.59 Å². The van der Waals surface area contributed by atoms with Crippen molar-refractivity contribution >= 4 is 29.5 Å². The van der Waals surface area contributed by atoms with Gasteiger partial charge >= 0.3 is 29.6 Å². The van der Waals surface area contributed by atoms with Gasteiger partial charge in [-0.25, -0.2) is 0 Å². The molecule has 114 valence electrons. The largest absolute Gasteiger partial charge is 1.00 e. The summed E-state index contributed by atoms with van der Waals surface area (Å²) in [5, 5.41) is 24.8. The van der Waals surface area contributed by atoms with Crippen LogP contribution in [0.3, 0.4) is 0 Å². The molecule has 1 unspecified atom stereocenters. The van der Waals surface area contributed by atoms with Crippen LogP contribution in [-0.2, 0) is 14.4 Å². The van der Waals surface area contributed by atoms with Crippen LogP contribution in [0.4, 0.5) is 0 Å². The van der Waals surface area contributed by atoms with Gasteiger partial charge in [-0.15, -0.1) is 0 Å². The molecule has 2 amide bonds. The zero-order valence-electron chi connectivity index (χ0n) is 12.5. The minimum atomic E-state index is -1.41. The van der Waals surface area contributed by atoms with Crippen LogP contribution in [0.15, 0.2) is 22.2 Å². The zero-order valence-corrected chi connectivity index (χ0v) is 15.3. The van der Waals surface area contributed by atoms with Crippen LogP contribution >= 0.6 is 11.8 Å². The monoisotopic (exact) mass is 334 g/mol. The smallest absolute Gasteiger partial charge is 0.543 e. The fourth-order valence-electron chi connectivity index (χ4n) is 2.59. The van der Waals surface area contributed by atoms with E-state index in [9.17, 15) is 24.6 Å². The average molecular weight is 334 g/mol. The normalized spacial score (nSPS) is 24.7. The standard InChI is InChI=1S/C13H16N2O5S.Na/c1-6(16)10-8-5-9(21-4-3-14-7(2)17)11(13(19)20)15(8)12(10)18;/h3-4,6,8,10,16H,5H2,1-2H3,(H,14,17)(H,19,20);/q;+1/p-1/b4-3+;/t6?,8-,10+;/m1./s1. The van der Waals surface area contributed by atoms with Crippen molar-refractivity contribution in [1.82, 2.24) is 10.2 Å². The van der Waals surface area contributed by atoms with Crippen molar-refractivity contribution in [1.29, 1.82) is 0 Å². The number of rotatable bonds is 5. The van der Waals surface area contributed by atoms with Crippen molar-refractivity contribution < 1.29 is 54.2 Å². The van der Waals surface area contributed by atoms with Gasteiger partial charge in [0.1, 0.15) is 0 Å². The van der Waals surface area contributed by atoms with Crippen molar-refractivity contribution in [3.05, 3.63) is 22.2 Å². The molecule has 2 heterocycles. The van der Waals surface area contributed by atoms with Crippen LogP contribution in [0.2, 0.25) is 0 Å². The minimum Gasteiger partial charge on any atom is -0.543 e. The summed E-state index contributed by atoms with van der Waals surface area (Å²) in [7, 11) is 0. The van der Waals surface area contributed by atoms with E-state index in [-0.39, 0.29) is 47.2 Å². The second-order valence-electron chi connectivity index (χ2n) is 4.93. The molecule has 1 saturated heterocycles. The Kier molecular flexibility index (Phi) is 6.69. The van der Waals surface area contributed by atoms with Crippen molar-refractivity contribution in [3.63, 3.8) is 0 Å². The van der Waals surface area contributed by atoms with Gasteiger partial charge in [-0.1, -0.05) is 11.8 Å². The topological polar surface area (TPSA) is 110 Å². The summed E-state index contributed by atoms with van der Waals surface area (Å²) in [6.45, 7) is 2.87. The molecule has 0 aromatic rings. The first-order chi connectivity index (χ1) is 9.84. The molecule has 1 fully saturated rings. The van der Waals surface area contributed by atoms with Crippen LogP contribution in [0.25, 0.3) is 0 Å². The van der Waals surface area contributed by atoms with Gasteiger partial charge in [0.05, 0.1) is 29.7 Å². The van der Waals surface area contributed by atoms with E-state index in [1.165, 1.54) is 30.4 Å². The summed E-state index contributed by atoms with van der Waals surface area (Å²) in [5.41, 5.74) is -0.139. The molecule has 3 atom stereocenters. The van der Waals surface area contributed by atoms with E-state index in [2.05, 4.69) is 5.32 Å². The predicted octanol–water partition coefficient (Wildman–Crippen LogP) is -4.10. The molecular formula is C13H15N2NaO5S. The number of carbonyl (C=O) groups excluding carboxylic acids is 3. The molecule has 2 N–H and O–H groups in total. The Labute approximate surface area is 154 Å². The second-order valence-corrected chi connectivity index (χ2v) is 5.93. The number of hydrogen-bond donors (Lipinski definition) is 2. The molecule has 9 heteroatoms. The summed E-state index contributed by atoms with van der Waals surface area (Å²) < 4.78 is 0. The molecule has 0 aliphatic carbocycles. The third-order valence-corrected chi connectivity index (χ3v) is 4.36. The van der Waals surface area contributed by atoms with E-state index < -0.39 is 23.9 Å². The van der Waals surface area contributed by atoms with Crippen molar-refractivity contribution in [2.75, 3.05) is 0 Å². The van der Waals surface area contributed by atoms with Gasteiger partial charge in [0.15, 0.2) is 0 Å². The second kappa shape index (κ2) is 7.65. The summed E-state index contributed by atoms with van der Waals surface area (Å²) in [6, 6.07) is -0.331. The molecule has 2 rings (SSSR count). The molecule has 0 saturated carbocycles. The number of nitrogens with zero attached hydrogens (tertiary/aromatic N) is 1. The molecule has 0 bridgehead atoms. The number of aliphatic carboxylic acids is 1. The Hall–Kier alpha value is -0.800. The number of nitrogens with one attached hydrogen (secondary N) is 1. The van der Waals surface area contributed by atoms with Gasteiger partial charge in [0.2, 0.25) is 11.8 Å². The molecule has 0 spiro atoms. The Morgan fingerprint density at radius 3 is 2.68 bits per heavy atom. The summed E-state index contributed by atoms with van der Waals surface area (Å²) in [6.07, 6.45) is 0.942. The summed E-state index contributed by atoms with van der Waals surface area (Å²) >= 11 is 1.11. The zero-order chi connectivity index (χ0) is 15.7. The fraction of sp³-hybridized carbons (Fsp3) is 0.462. The number of β-lactam (4-membered cyclic amide) rings is 1. The number of carbonyl (C=O) groups is 3. The van der Waals surface area contributed by atoms with Crippen LogP contribution in [0.5, 0.6) is 0 Å². The molecule has 2 aliphatic rings. The maximum atomic E-state index is 11.9. The maximum Gasteiger partial charge on any atom is 1.00 e. The van der Waals surface area contributed by atoms with Gasteiger partial charge in [-0.05, 0) is 12.3 Å². The molecule has 0 radical (unpaired) electrons. The molecule has 22 heavy (non-hydrogen) atoms. The van der Waals surface area contributed by atoms with E-state index in [1.54, 1.807) is 0 Å². The molecular weight excluding hydrogens is 319 g/mol. The van der Waals surface area contributed by atoms with E-state index in [4.69, 9.17) is 0 Å². The number of thioether (sulfide) groups is 1. The first kappa shape index (κ1) is 19.2. The SMILES string of the molecule is CC(=O)N/C=C/SC1=C(C(=O)[O-])N2C(=O)[C@@H](C(C)O)[C@H]2C1.[Na+]. The quantitative estimate of drug-likeness (QED) is 0.391. The van der Waals surface area contributed by atoms with Crippen LogP contribution in [0.1, 0.15) is 20.3 Å². The van der Waals surface area contributed by atoms with Gasteiger partial charge in [-0.2, -0.15) is 0 Å². The van der Waals surface area contributed by atoms with Crippen LogP contribution < -0.4 is 40.0 Å². The Morgan fingerprint density at radius 1 is 1.55 bits per heavy atom. The van der Waals surface area contributed by atoms with E-state index in [0.29, 0.717) is 11.3 Å². The minimum absolute atomic E-state index is 0. The number of carboxylic acid groups (broad SMARTS) is 1. The van der Waals surface area contributed by atoms with Gasteiger partial charge in [0, 0.05) is 24.4 Å². The first-order valence-corrected chi connectivity index (χ1v) is 7.27. The van der Waals surface area contributed by atoms with Crippen LogP contribution in [-0.4, -0.2) is 39.9 Å². The number of fused-ring (bicyclic) bond motifs is 1. The van der Waals surface area contributed by atoms with Crippen molar-refractivity contribution in [2.45, 2.75) is 32.4 Å². The number of aliphatic hydroxyl groups is 1. The number of amides is 2. The van der Waals surface area contributed by atoms with E-state index in [0.717, 1.165) is 11.8 Å². The molecule has 7 nitrogen and oxygen atoms in total. The third kappa shape index (κ3) is 3.57. The summed E-state index contributed by atoms with van der Waals surface area (Å²) in [5.74, 6) is -2.61. The number of aliphatic hydroxyl groups excluding tert-OH is 1. The van der Waals surface area contributed by atoms with Crippen molar-refractivity contribution in [3.8, 4) is 0 Å². The maximum absolute atomic E-state index is 11.9. The first-order valence-electron chi connectivity index (χ1n) is 6.39. The Balaban J connectivity index is 0.00000242. The third-order valence-electron chi connectivity index (χ3n) is 3.45. The molecule has 0 aromatic carbocycles. The van der Waals surface area contributed by atoms with E-state index >= 15 is 0 Å². The number of hydrogen-bond acceptors (Lipinski definition) is 6. The number of carboxylic acids is 1. The van der Waals surface area contributed by atoms with Gasteiger partial charge < -0.3 is 25.2 Å². The van der Waals surface area contributed by atoms with Crippen LogP contribution in [0, 0.1) is 5.92 Å². The summed E-state index contributed by atoms with van der Waals surface area (Å²) in [4.78, 5) is 35.5. The van der Waals surface area contributed by atoms with E-state index in [1.807, 2.05) is 0 Å². The average Bonchev–Trinajstić information content (AvgIpc) is 2.68. The Bertz CT molecular complexity index is 561. The Morgan fingerprint density at radius 2 is 2.18 bits per heavy atom. The predicted molar refractivity (Wildman–Crippen MR) is 73.0 cm³/mol. The van der Waals surface area contributed by atoms with Gasteiger partial charge in [0.25, 0.3) is 0 Å². The fourth-order valence-corrected chi connectivity index (χ4v) is 3.45. The molecule has 2 aliphatic heterocycles. The van der Waals surface area contributed by atoms with Crippen molar-refractivity contribution in [2.24, 2.45) is 5.92 Å². The molecule has 0 aromatic heterocycles.